The van der Waals surface area contributed by atoms with Gasteiger partial charge in [0.25, 0.3) is 0 Å². The van der Waals surface area contributed by atoms with Crippen molar-refractivity contribution in [2.75, 3.05) is 44.2 Å². The molecule has 1 saturated heterocycles. The van der Waals surface area contributed by atoms with Crippen LogP contribution in [0.25, 0.3) is 0 Å². The first-order valence-electron chi connectivity index (χ1n) is 8.21. The van der Waals surface area contributed by atoms with Crippen LogP contribution in [-0.2, 0) is 6.54 Å². The summed E-state index contributed by atoms with van der Waals surface area (Å²) >= 11 is 0. The zero-order valence-corrected chi connectivity index (χ0v) is 13.4. The summed E-state index contributed by atoms with van der Waals surface area (Å²) in [6.45, 7) is 11.2. The van der Waals surface area contributed by atoms with E-state index < -0.39 is 0 Å². The van der Waals surface area contributed by atoms with Crippen LogP contribution in [0.3, 0.4) is 0 Å². The molecule has 2 rings (SSSR count). The standard InChI is InChI=1S/C17H28FN3/c1-3-9-20(10-4-2)14-15-5-6-16(18)17(13-15)21-11-7-19-8-12-21/h5-6,13,19H,3-4,7-12,14H2,1-2H3. The molecule has 118 valence electrons. The second kappa shape index (κ2) is 8.35. The molecule has 3 nitrogen and oxygen atoms in total. The van der Waals surface area contributed by atoms with E-state index in [0.717, 1.165) is 64.3 Å². The Morgan fingerprint density at radius 3 is 2.43 bits per heavy atom. The largest absolute Gasteiger partial charge is 0.367 e. The van der Waals surface area contributed by atoms with E-state index in [0.29, 0.717) is 0 Å². The van der Waals surface area contributed by atoms with Crippen LogP contribution in [0.2, 0.25) is 0 Å². The summed E-state index contributed by atoms with van der Waals surface area (Å²) < 4.78 is 14.1. The summed E-state index contributed by atoms with van der Waals surface area (Å²) in [4.78, 5) is 4.61. The molecule has 1 aliphatic rings. The number of nitrogens with one attached hydrogen (secondary N) is 1. The first-order chi connectivity index (χ1) is 10.2. The third-order valence-corrected chi connectivity index (χ3v) is 3.95. The molecule has 0 saturated carbocycles. The molecule has 0 atom stereocenters. The van der Waals surface area contributed by atoms with Crippen LogP contribution in [0, 0.1) is 5.82 Å². The summed E-state index contributed by atoms with van der Waals surface area (Å²) in [6.07, 6.45) is 2.32. The van der Waals surface area contributed by atoms with Gasteiger partial charge in [0.05, 0.1) is 5.69 Å². The fraction of sp³-hybridized carbons (Fsp3) is 0.647. The summed E-state index contributed by atoms with van der Waals surface area (Å²) in [5.41, 5.74) is 1.98. The lowest BCUT2D eigenvalue weighted by Crippen LogP contribution is -2.43. The van der Waals surface area contributed by atoms with Crippen LogP contribution in [0.15, 0.2) is 18.2 Å². The highest BCUT2D eigenvalue weighted by Gasteiger charge is 2.15. The molecule has 1 aliphatic heterocycles. The minimum absolute atomic E-state index is 0.0989. The van der Waals surface area contributed by atoms with Gasteiger partial charge in [0.2, 0.25) is 0 Å². The third-order valence-electron chi connectivity index (χ3n) is 3.95. The minimum Gasteiger partial charge on any atom is -0.367 e. The Bertz CT molecular complexity index is 424. The highest BCUT2D eigenvalue weighted by Crippen LogP contribution is 2.22. The quantitative estimate of drug-likeness (QED) is 0.834. The van der Waals surface area contributed by atoms with Gasteiger partial charge in [-0.2, -0.15) is 0 Å². The summed E-state index contributed by atoms with van der Waals surface area (Å²) in [6, 6.07) is 5.60. The Morgan fingerprint density at radius 1 is 1.14 bits per heavy atom. The normalized spacial score (nSPS) is 15.7. The third kappa shape index (κ3) is 4.68. The lowest BCUT2D eigenvalue weighted by molar-refractivity contribution is 0.266. The second-order valence-corrected chi connectivity index (χ2v) is 5.80. The molecule has 0 bridgehead atoms. The van der Waals surface area contributed by atoms with Gasteiger partial charge in [-0.15, -0.1) is 0 Å². The van der Waals surface area contributed by atoms with Gasteiger partial charge in [-0.25, -0.2) is 4.39 Å². The van der Waals surface area contributed by atoms with E-state index in [1.165, 1.54) is 5.56 Å². The van der Waals surface area contributed by atoms with E-state index in [-0.39, 0.29) is 5.82 Å². The molecule has 1 N–H and O–H groups in total. The Morgan fingerprint density at radius 2 is 1.81 bits per heavy atom. The van der Waals surface area contributed by atoms with Crippen LogP contribution in [-0.4, -0.2) is 44.2 Å². The molecule has 0 radical (unpaired) electrons. The molecule has 0 aliphatic carbocycles. The highest BCUT2D eigenvalue weighted by molar-refractivity contribution is 5.50. The molecule has 0 amide bonds. The van der Waals surface area contributed by atoms with Crippen molar-refractivity contribution in [2.45, 2.75) is 33.2 Å². The maximum Gasteiger partial charge on any atom is 0.146 e. The lowest BCUT2D eigenvalue weighted by atomic mass is 10.1. The predicted molar refractivity (Wildman–Crippen MR) is 87.3 cm³/mol. The van der Waals surface area contributed by atoms with Crippen molar-refractivity contribution in [2.24, 2.45) is 0 Å². The van der Waals surface area contributed by atoms with Crippen molar-refractivity contribution in [1.29, 1.82) is 0 Å². The van der Waals surface area contributed by atoms with Crippen molar-refractivity contribution in [1.82, 2.24) is 10.2 Å². The van der Waals surface area contributed by atoms with E-state index in [4.69, 9.17) is 0 Å². The maximum atomic E-state index is 14.1. The smallest absolute Gasteiger partial charge is 0.146 e. The first-order valence-corrected chi connectivity index (χ1v) is 8.21. The first kappa shape index (κ1) is 16.2. The number of benzene rings is 1. The Labute approximate surface area is 128 Å². The van der Waals surface area contributed by atoms with Gasteiger partial charge >= 0.3 is 0 Å². The van der Waals surface area contributed by atoms with Crippen molar-refractivity contribution in [3.05, 3.63) is 29.6 Å². The van der Waals surface area contributed by atoms with Gasteiger partial charge in [0.1, 0.15) is 5.82 Å². The van der Waals surface area contributed by atoms with Gasteiger partial charge in [0.15, 0.2) is 0 Å². The molecule has 0 spiro atoms. The fourth-order valence-corrected chi connectivity index (χ4v) is 2.97. The van der Waals surface area contributed by atoms with Crippen LogP contribution >= 0.6 is 0 Å². The van der Waals surface area contributed by atoms with E-state index in [1.807, 2.05) is 12.1 Å². The molecule has 1 aromatic rings. The van der Waals surface area contributed by atoms with E-state index in [1.54, 1.807) is 6.07 Å². The van der Waals surface area contributed by atoms with Crippen molar-refractivity contribution in [3.63, 3.8) is 0 Å². The number of hydrogen-bond acceptors (Lipinski definition) is 3. The van der Waals surface area contributed by atoms with Gasteiger partial charge in [-0.1, -0.05) is 19.9 Å². The molecule has 4 heteroatoms. The highest BCUT2D eigenvalue weighted by atomic mass is 19.1. The van der Waals surface area contributed by atoms with Gasteiger partial charge < -0.3 is 10.2 Å². The molecule has 21 heavy (non-hydrogen) atoms. The van der Waals surface area contributed by atoms with Crippen LogP contribution in [0.4, 0.5) is 10.1 Å². The fourth-order valence-electron chi connectivity index (χ4n) is 2.97. The van der Waals surface area contributed by atoms with Crippen molar-refractivity contribution < 1.29 is 4.39 Å². The Hall–Kier alpha value is -1.13. The SMILES string of the molecule is CCCN(CCC)Cc1ccc(F)c(N2CCNCC2)c1. The topological polar surface area (TPSA) is 18.5 Å². The number of piperazine rings is 1. The number of anilines is 1. The lowest BCUT2D eigenvalue weighted by Gasteiger charge is -2.30. The van der Waals surface area contributed by atoms with Gasteiger partial charge in [0, 0.05) is 32.7 Å². The van der Waals surface area contributed by atoms with Crippen LogP contribution < -0.4 is 10.2 Å². The molecule has 1 aromatic carbocycles. The maximum absolute atomic E-state index is 14.1. The minimum atomic E-state index is -0.0989. The average molecular weight is 293 g/mol. The molecule has 0 unspecified atom stereocenters. The van der Waals surface area contributed by atoms with Crippen molar-refractivity contribution >= 4 is 5.69 Å². The molecular weight excluding hydrogens is 265 g/mol. The van der Waals surface area contributed by atoms with Crippen LogP contribution in [0.1, 0.15) is 32.3 Å². The number of rotatable bonds is 7. The van der Waals surface area contributed by atoms with E-state index in [9.17, 15) is 4.39 Å². The zero-order valence-electron chi connectivity index (χ0n) is 13.4. The molecule has 1 heterocycles. The van der Waals surface area contributed by atoms with Gasteiger partial charge in [-0.05, 0) is 43.6 Å². The Balaban J connectivity index is 2.09. The number of hydrogen-bond donors (Lipinski definition) is 1. The zero-order chi connectivity index (χ0) is 15.1. The van der Waals surface area contributed by atoms with Gasteiger partial charge in [-0.3, -0.25) is 4.90 Å². The van der Waals surface area contributed by atoms with Crippen molar-refractivity contribution in [3.8, 4) is 0 Å². The number of halogens is 1. The summed E-state index contributed by atoms with van der Waals surface area (Å²) in [5, 5.41) is 3.31. The van der Waals surface area contributed by atoms with Crippen LogP contribution in [0.5, 0.6) is 0 Å². The van der Waals surface area contributed by atoms with E-state index in [2.05, 4.69) is 29.0 Å². The second-order valence-electron chi connectivity index (χ2n) is 5.80. The molecule has 0 aromatic heterocycles. The van der Waals surface area contributed by atoms with E-state index >= 15 is 0 Å². The number of nitrogens with zero attached hydrogens (tertiary/aromatic N) is 2. The summed E-state index contributed by atoms with van der Waals surface area (Å²) in [5.74, 6) is -0.0989. The molecular formula is C17H28FN3. The Kier molecular flexibility index (Phi) is 6.46. The summed E-state index contributed by atoms with van der Waals surface area (Å²) in [7, 11) is 0. The predicted octanol–water partition coefficient (Wildman–Crippen LogP) is 2.86. The molecule has 1 fully saturated rings. The monoisotopic (exact) mass is 293 g/mol. The average Bonchev–Trinajstić information content (AvgIpc) is 2.50.